The first kappa shape index (κ1) is 21.1. The summed E-state index contributed by atoms with van der Waals surface area (Å²) in [5.41, 5.74) is 2.63. The Morgan fingerprint density at radius 3 is 2.81 bits per heavy atom. The molecule has 5 rings (SSSR count). The minimum absolute atomic E-state index is 0.0538. The smallest absolute Gasteiger partial charge is 0.255 e. The third kappa shape index (κ3) is 4.54. The van der Waals surface area contributed by atoms with Crippen molar-refractivity contribution < 1.29 is 4.79 Å². The second-order valence-electron chi connectivity index (χ2n) is 8.68. The fourth-order valence-electron chi connectivity index (χ4n) is 4.80. The number of rotatable bonds is 5. The first-order valence-corrected chi connectivity index (χ1v) is 12.3. The molecule has 4 heterocycles. The van der Waals surface area contributed by atoms with Crippen LogP contribution in [0.3, 0.4) is 0 Å². The van der Waals surface area contributed by atoms with Crippen molar-refractivity contribution in [1.82, 2.24) is 19.8 Å². The van der Waals surface area contributed by atoms with Gasteiger partial charge in [0.1, 0.15) is 5.82 Å². The van der Waals surface area contributed by atoms with Gasteiger partial charge in [-0.2, -0.15) is 0 Å². The molecule has 1 aromatic carbocycles. The van der Waals surface area contributed by atoms with Crippen LogP contribution < -0.4 is 5.56 Å². The quantitative estimate of drug-likeness (QED) is 0.646. The summed E-state index contributed by atoms with van der Waals surface area (Å²) in [7, 11) is 0. The topological polar surface area (TPSA) is 69.3 Å². The molecule has 0 radical (unpaired) electrons. The van der Waals surface area contributed by atoms with E-state index in [2.05, 4.69) is 27.4 Å². The van der Waals surface area contributed by atoms with Crippen LogP contribution in [0.25, 0.3) is 0 Å². The summed E-state index contributed by atoms with van der Waals surface area (Å²) >= 11 is 1.75. The van der Waals surface area contributed by atoms with Crippen LogP contribution in [0.1, 0.15) is 52.8 Å². The van der Waals surface area contributed by atoms with E-state index >= 15 is 0 Å². The number of aromatic nitrogens is 2. The number of H-pyrrole nitrogens is 1. The van der Waals surface area contributed by atoms with Crippen molar-refractivity contribution in [3.05, 3.63) is 85.7 Å². The van der Waals surface area contributed by atoms with Crippen LogP contribution in [-0.2, 0) is 30.7 Å². The monoisotopic (exact) mass is 448 g/mol. The van der Waals surface area contributed by atoms with Gasteiger partial charge in [-0.1, -0.05) is 36.4 Å². The van der Waals surface area contributed by atoms with Crippen LogP contribution in [0.4, 0.5) is 0 Å². The number of nitrogens with one attached hydrogen (secondary N) is 1. The highest BCUT2D eigenvalue weighted by Crippen LogP contribution is 2.30. The van der Waals surface area contributed by atoms with Gasteiger partial charge in [-0.15, -0.1) is 11.3 Å². The molecule has 6 nitrogen and oxygen atoms in total. The minimum atomic E-state index is -0.151. The Balaban J connectivity index is 1.35. The highest BCUT2D eigenvalue weighted by atomic mass is 32.1. The Labute approximate surface area is 191 Å². The molecule has 2 aliphatic rings. The number of thiophene rings is 1. The molecule has 0 aliphatic carbocycles. The summed E-state index contributed by atoms with van der Waals surface area (Å²) in [4.78, 5) is 39.6. The van der Waals surface area contributed by atoms with Crippen molar-refractivity contribution in [3.8, 4) is 0 Å². The SMILES string of the molecule is O=C(Cc1ccccc1)N1CCCCC1c1nc2c(c(=O)[nH]1)CN(Cc1cccs1)CC2. The summed E-state index contributed by atoms with van der Waals surface area (Å²) < 4.78 is 0. The molecule has 1 N–H and O–H groups in total. The van der Waals surface area contributed by atoms with Gasteiger partial charge in [-0.3, -0.25) is 14.5 Å². The molecule has 166 valence electrons. The van der Waals surface area contributed by atoms with Gasteiger partial charge in [0.15, 0.2) is 0 Å². The Bertz CT molecular complexity index is 1130. The number of piperidine rings is 1. The number of carbonyl (C=O) groups is 1. The maximum Gasteiger partial charge on any atom is 0.255 e. The zero-order chi connectivity index (χ0) is 21.9. The minimum Gasteiger partial charge on any atom is -0.332 e. The molecule has 2 aromatic heterocycles. The van der Waals surface area contributed by atoms with Gasteiger partial charge in [-0.25, -0.2) is 4.98 Å². The molecule has 32 heavy (non-hydrogen) atoms. The number of benzene rings is 1. The zero-order valence-electron chi connectivity index (χ0n) is 18.1. The molecular weight excluding hydrogens is 420 g/mol. The van der Waals surface area contributed by atoms with Crippen LogP contribution in [0.5, 0.6) is 0 Å². The van der Waals surface area contributed by atoms with Crippen LogP contribution in [-0.4, -0.2) is 38.8 Å². The highest BCUT2D eigenvalue weighted by Gasteiger charge is 2.31. The number of nitrogens with zero attached hydrogens (tertiary/aromatic N) is 3. The fraction of sp³-hybridized carbons (Fsp3) is 0.400. The van der Waals surface area contributed by atoms with Crippen molar-refractivity contribution in [2.45, 2.75) is 51.2 Å². The van der Waals surface area contributed by atoms with E-state index in [9.17, 15) is 9.59 Å². The van der Waals surface area contributed by atoms with E-state index < -0.39 is 0 Å². The lowest BCUT2D eigenvalue weighted by Crippen LogP contribution is -2.42. The number of likely N-dealkylation sites (tertiary alicyclic amines) is 1. The number of carbonyl (C=O) groups excluding carboxylic acids is 1. The largest absolute Gasteiger partial charge is 0.332 e. The zero-order valence-corrected chi connectivity index (χ0v) is 18.9. The van der Waals surface area contributed by atoms with Crippen molar-refractivity contribution in [2.24, 2.45) is 0 Å². The van der Waals surface area contributed by atoms with E-state index in [1.807, 2.05) is 35.2 Å². The lowest BCUT2D eigenvalue weighted by atomic mass is 9.99. The van der Waals surface area contributed by atoms with Gasteiger partial charge in [0.25, 0.3) is 5.56 Å². The van der Waals surface area contributed by atoms with Crippen LogP contribution in [0, 0.1) is 0 Å². The van der Waals surface area contributed by atoms with Gasteiger partial charge < -0.3 is 9.88 Å². The molecule has 1 fully saturated rings. The molecular formula is C25H28N4O2S. The second-order valence-corrected chi connectivity index (χ2v) is 9.71. The highest BCUT2D eigenvalue weighted by molar-refractivity contribution is 7.09. The number of amides is 1. The molecule has 1 atom stereocenters. The maximum atomic E-state index is 13.1. The third-order valence-electron chi connectivity index (χ3n) is 6.46. The number of aromatic amines is 1. The average Bonchev–Trinajstić information content (AvgIpc) is 3.33. The van der Waals surface area contributed by atoms with E-state index in [4.69, 9.17) is 4.98 Å². The number of hydrogen-bond donors (Lipinski definition) is 1. The van der Waals surface area contributed by atoms with E-state index in [0.717, 1.165) is 55.6 Å². The van der Waals surface area contributed by atoms with Gasteiger partial charge in [0.05, 0.1) is 23.7 Å². The summed E-state index contributed by atoms with van der Waals surface area (Å²) in [6.07, 6.45) is 4.01. The summed E-state index contributed by atoms with van der Waals surface area (Å²) in [5, 5.41) is 2.09. The molecule has 3 aromatic rings. The van der Waals surface area contributed by atoms with E-state index in [0.29, 0.717) is 25.3 Å². The summed E-state index contributed by atoms with van der Waals surface area (Å²) in [6.45, 7) is 3.09. The van der Waals surface area contributed by atoms with Gasteiger partial charge in [0.2, 0.25) is 5.91 Å². The molecule has 0 saturated carbocycles. The van der Waals surface area contributed by atoms with E-state index in [-0.39, 0.29) is 17.5 Å². The van der Waals surface area contributed by atoms with Crippen molar-refractivity contribution in [2.75, 3.05) is 13.1 Å². The van der Waals surface area contributed by atoms with Crippen molar-refractivity contribution in [1.29, 1.82) is 0 Å². The molecule has 1 amide bonds. The Morgan fingerprint density at radius 1 is 1.12 bits per heavy atom. The van der Waals surface area contributed by atoms with E-state index in [1.165, 1.54) is 4.88 Å². The predicted molar refractivity (Wildman–Crippen MR) is 125 cm³/mol. The Kier molecular flexibility index (Phi) is 6.19. The second kappa shape index (κ2) is 9.38. The van der Waals surface area contributed by atoms with Crippen molar-refractivity contribution in [3.63, 3.8) is 0 Å². The molecule has 7 heteroatoms. The summed E-state index contributed by atoms with van der Waals surface area (Å²) in [5.74, 6) is 0.755. The lowest BCUT2D eigenvalue weighted by Gasteiger charge is -2.36. The molecule has 0 bridgehead atoms. The van der Waals surface area contributed by atoms with Gasteiger partial charge in [0, 0.05) is 37.5 Å². The first-order chi connectivity index (χ1) is 15.7. The standard InChI is InChI=1S/C25H28N4O2S/c30-23(15-18-7-2-1-3-8-18)29-12-5-4-10-22(29)24-26-21-11-13-28(16-19-9-6-14-32-19)17-20(21)25(31)27-24/h1-3,6-9,14,22H,4-5,10-13,15-17H2,(H,26,27,31). The lowest BCUT2D eigenvalue weighted by molar-refractivity contribution is -0.134. The normalized spacial score (nSPS) is 19.0. The molecule has 0 spiro atoms. The number of fused-ring (bicyclic) bond motifs is 1. The van der Waals surface area contributed by atoms with Crippen LogP contribution in [0.15, 0.2) is 52.6 Å². The Hall–Kier alpha value is -2.77. The van der Waals surface area contributed by atoms with Gasteiger partial charge >= 0.3 is 0 Å². The first-order valence-electron chi connectivity index (χ1n) is 11.4. The van der Waals surface area contributed by atoms with Crippen LogP contribution in [0.2, 0.25) is 0 Å². The summed E-state index contributed by atoms with van der Waals surface area (Å²) in [6, 6.07) is 13.9. The maximum absolute atomic E-state index is 13.1. The predicted octanol–water partition coefficient (Wildman–Crippen LogP) is 3.69. The van der Waals surface area contributed by atoms with Crippen LogP contribution >= 0.6 is 11.3 Å². The molecule has 1 saturated heterocycles. The molecule has 1 unspecified atom stereocenters. The number of hydrogen-bond acceptors (Lipinski definition) is 5. The fourth-order valence-corrected chi connectivity index (χ4v) is 5.55. The third-order valence-corrected chi connectivity index (χ3v) is 7.32. The van der Waals surface area contributed by atoms with Gasteiger partial charge in [-0.05, 0) is 36.3 Å². The van der Waals surface area contributed by atoms with E-state index in [1.54, 1.807) is 11.3 Å². The average molecular weight is 449 g/mol. The Morgan fingerprint density at radius 2 is 2.00 bits per heavy atom. The molecule has 2 aliphatic heterocycles. The van der Waals surface area contributed by atoms with Crippen molar-refractivity contribution >= 4 is 17.2 Å².